The summed E-state index contributed by atoms with van der Waals surface area (Å²) in [6, 6.07) is 3.66. The number of urea groups is 1. The number of rotatable bonds is 5. The molecule has 2 aliphatic rings. The number of nitro groups is 1. The summed E-state index contributed by atoms with van der Waals surface area (Å²) < 4.78 is 5.15. The van der Waals surface area contributed by atoms with Crippen molar-refractivity contribution in [2.75, 3.05) is 31.6 Å². The summed E-state index contributed by atoms with van der Waals surface area (Å²) in [7, 11) is 1.55. The number of nitrogens with zero attached hydrogens (tertiary/aromatic N) is 3. The number of carbonyl (C=O) groups is 2. The Labute approximate surface area is 163 Å². The third kappa shape index (κ3) is 3.51. The van der Waals surface area contributed by atoms with Gasteiger partial charge in [0, 0.05) is 31.9 Å². The highest BCUT2D eigenvalue weighted by Gasteiger charge is 2.36. The van der Waals surface area contributed by atoms with Crippen molar-refractivity contribution in [1.82, 2.24) is 10.2 Å². The van der Waals surface area contributed by atoms with Crippen LogP contribution in [0, 0.1) is 10.1 Å². The molecule has 0 bridgehead atoms. The van der Waals surface area contributed by atoms with E-state index in [0.717, 1.165) is 25.9 Å². The molecule has 1 saturated heterocycles. The van der Waals surface area contributed by atoms with Gasteiger partial charge in [-0.2, -0.15) is 0 Å². The first-order chi connectivity index (χ1) is 13.3. The monoisotopic (exact) mass is 388 g/mol. The molecule has 1 N–H and O–H groups in total. The zero-order valence-corrected chi connectivity index (χ0v) is 16.2. The lowest BCUT2D eigenvalue weighted by Gasteiger charge is -2.33. The van der Waals surface area contributed by atoms with Crippen LogP contribution in [0.1, 0.15) is 38.3 Å². The van der Waals surface area contributed by atoms with E-state index in [1.54, 1.807) is 33.0 Å². The van der Waals surface area contributed by atoms with E-state index >= 15 is 0 Å². The van der Waals surface area contributed by atoms with Crippen molar-refractivity contribution < 1.29 is 19.2 Å². The first-order valence-corrected chi connectivity index (χ1v) is 9.30. The fourth-order valence-electron chi connectivity index (χ4n) is 3.65. The van der Waals surface area contributed by atoms with Gasteiger partial charge in [0.2, 0.25) is 0 Å². The third-order valence-corrected chi connectivity index (χ3v) is 5.23. The zero-order valence-electron chi connectivity index (χ0n) is 16.2. The maximum atomic E-state index is 12.5. The average Bonchev–Trinajstić information content (AvgIpc) is 3.20. The quantitative estimate of drug-likeness (QED) is 0.472. The number of allylic oxidation sites excluding steroid dienone is 1. The Kier molecular flexibility index (Phi) is 5.53. The predicted molar refractivity (Wildman–Crippen MR) is 103 cm³/mol. The van der Waals surface area contributed by atoms with E-state index in [1.165, 1.54) is 11.0 Å². The second-order valence-electron chi connectivity index (χ2n) is 6.86. The van der Waals surface area contributed by atoms with Gasteiger partial charge >= 0.3 is 12.0 Å². The summed E-state index contributed by atoms with van der Waals surface area (Å²) in [5.41, 5.74) is 1.72. The van der Waals surface area contributed by atoms with Gasteiger partial charge in [-0.3, -0.25) is 10.1 Å². The molecule has 2 aliphatic heterocycles. The molecule has 150 valence electrons. The fourth-order valence-corrected chi connectivity index (χ4v) is 3.65. The van der Waals surface area contributed by atoms with E-state index in [2.05, 4.69) is 5.32 Å². The van der Waals surface area contributed by atoms with E-state index in [0.29, 0.717) is 16.9 Å². The van der Waals surface area contributed by atoms with Crippen molar-refractivity contribution in [3.8, 4) is 0 Å². The van der Waals surface area contributed by atoms with Crippen molar-refractivity contribution >= 4 is 23.4 Å². The van der Waals surface area contributed by atoms with E-state index in [9.17, 15) is 19.7 Å². The molecule has 0 radical (unpaired) electrons. The fraction of sp³-hybridized carbons (Fsp3) is 0.474. The third-order valence-electron chi connectivity index (χ3n) is 5.23. The van der Waals surface area contributed by atoms with Crippen LogP contribution in [0.3, 0.4) is 0 Å². The number of nitrogens with one attached hydrogen (secondary N) is 1. The summed E-state index contributed by atoms with van der Waals surface area (Å²) in [6.07, 6.45) is 2.00. The topological polar surface area (TPSA) is 105 Å². The second-order valence-corrected chi connectivity index (χ2v) is 6.86. The maximum absolute atomic E-state index is 12.5. The number of esters is 1. The molecule has 9 heteroatoms. The van der Waals surface area contributed by atoms with Crippen LogP contribution < -0.4 is 10.2 Å². The molecule has 0 spiro atoms. The number of hydrogen-bond acceptors (Lipinski definition) is 6. The van der Waals surface area contributed by atoms with Crippen LogP contribution in [0.15, 0.2) is 29.5 Å². The van der Waals surface area contributed by atoms with Gasteiger partial charge in [-0.1, -0.05) is 6.07 Å². The lowest BCUT2D eigenvalue weighted by atomic mass is 9.94. The molecule has 0 saturated carbocycles. The summed E-state index contributed by atoms with van der Waals surface area (Å²) in [5, 5.41) is 14.4. The molecular weight excluding hydrogens is 364 g/mol. The Morgan fingerprint density at radius 2 is 2.04 bits per heavy atom. The Morgan fingerprint density at radius 1 is 1.36 bits per heavy atom. The molecule has 0 aromatic heterocycles. The number of anilines is 1. The first kappa shape index (κ1) is 19.7. The van der Waals surface area contributed by atoms with E-state index < -0.39 is 16.9 Å². The average molecular weight is 388 g/mol. The van der Waals surface area contributed by atoms with Crippen LogP contribution in [0.5, 0.6) is 0 Å². The number of benzene rings is 1. The highest BCUT2D eigenvalue weighted by Crippen LogP contribution is 2.37. The molecule has 1 aromatic carbocycles. The number of hydrogen-bond donors (Lipinski definition) is 1. The standard InChI is InChI=1S/C19H24N4O5/c1-4-28-18(24)16-12(2)21(3)19(25)20-17(16)13-7-8-14(15(11-13)23(26)27)22-9-5-6-10-22/h7-8,11,17H,4-6,9-10H2,1-3H3,(H,20,25)/t17-/m1/s1. The van der Waals surface area contributed by atoms with Crippen LogP contribution in [0.4, 0.5) is 16.2 Å². The van der Waals surface area contributed by atoms with Gasteiger partial charge in [0.15, 0.2) is 0 Å². The lowest BCUT2D eigenvalue weighted by molar-refractivity contribution is -0.384. The van der Waals surface area contributed by atoms with Crippen molar-refractivity contribution in [1.29, 1.82) is 0 Å². The minimum absolute atomic E-state index is 0.0339. The van der Waals surface area contributed by atoms with Crippen LogP contribution in [-0.4, -0.2) is 48.6 Å². The van der Waals surface area contributed by atoms with Crippen LogP contribution in [0.25, 0.3) is 0 Å². The minimum atomic E-state index is -0.811. The Morgan fingerprint density at radius 3 is 2.64 bits per heavy atom. The highest BCUT2D eigenvalue weighted by atomic mass is 16.6. The van der Waals surface area contributed by atoms with Gasteiger partial charge in [-0.15, -0.1) is 0 Å². The Bertz CT molecular complexity index is 845. The number of carbonyl (C=O) groups excluding carboxylic acids is 2. The lowest BCUT2D eigenvalue weighted by Crippen LogP contribution is -2.46. The van der Waals surface area contributed by atoms with Crippen molar-refractivity contribution in [2.45, 2.75) is 32.7 Å². The summed E-state index contributed by atoms with van der Waals surface area (Å²) >= 11 is 0. The van der Waals surface area contributed by atoms with Gasteiger partial charge in [0.25, 0.3) is 5.69 Å². The van der Waals surface area contributed by atoms with E-state index in [1.807, 2.05) is 4.90 Å². The number of amides is 2. The van der Waals surface area contributed by atoms with Gasteiger partial charge < -0.3 is 19.9 Å². The molecule has 1 aromatic rings. The SMILES string of the molecule is CCOC(=O)C1=C(C)N(C)C(=O)N[C@@H]1c1ccc(N2CCCC2)c([N+](=O)[O-])c1. The molecule has 2 amide bonds. The summed E-state index contributed by atoms with van der Waals surface area (Å²) in [4.78, 5) is 39.4. The molecule has 1 atom stereocenters. The summed E-state index contributed by atoms with van der Waals surface area (Å²) in [5.74, 6) is -0.553. The Balaban J connectivity index is 2.07. The maximum Gasteiger partial charge on any atom is 0.338 e. The van der Waals surface area contributed by atoms with Gasteiger partial charge in [-0.25, -0.2) is 9.59 Å². The van der Waals surface area contributed by atoms with Crippen LogP contribution in [0.2, 0.25) is 0 Å². The smallest absolute Gasteiger partial charge is 0.338 e. The van der Waals surface area contributed by atoms with Crippen LogP contribution >= 0.6 is 0 Å². The highest BCUT2D eigenvalue weighted by molar-refractivity contribution is 5.95. The number of ether oxygens (including phenoxy) is 1. The van der Waals surface area contributed by atoms with Crippen LogP contribution in [-0.2, 0) is 9.53 Å². The predicted octanol–water partition coefficient (Wildman–Crippen LogP) is 2.73. The van der Waals surface area contributed by atoms with Crippen molar-refractivity contribution in [3.05, 3.63) is 45.1 Å². The van der Waals surface area contributed by atoms with Gasteiger partial charge in [0.05, 0.1) is 23.1 Å². The normalized spacial score (nSPS) is 19.7. The van der Waals surface area contributed by atoms with E-state index in [4.69, 9.17) is 4.74 Å². The molecule has 3 rings (SSSR count). The number of nitro benzene ring substituents is 1. The molecule has 0 unspecified atom stereocenters. The van der Waals surface area contributed by atoms with E-state index in [-0.39, 0.29) is 23.9 Å². The molecule has 1 fully saturated rings. The minimum Gasteiger partial charge on any atom is -0.463 e. The van der Waals surface area contributed by atoms with Crippen molar-refractivity contribution in [2.24, 2.45) is 0 Å². The second kappa shape index (κ2) is 7.87. The van der Waals surface area contributed by atoms with Crippen molar-refractivity contribution in [3.63, 3.8) is 0 Å². The van der Waals surface area contributed by atoms with Gasteiger partial charge in [-0.05, 0) is 38.3 Å². The Hall–Kier alpha value is -3.10. The van der Waals surface area contributed by atoms with Gasteiger partial charge in [0.1, 0.15) is 5.69 Å². The molecule has 9 nitrogen and oxygen atoms in total. The molecule has 2 heterocycles. The first-order valence-electron chi connectivity index (χ1n) is 9.30. The largest absolute Gasteiger partial charge is 0.463 e. The molecule has 0 aliphatic carbocycles. The molecular formula is C19H24N4O5. The zero-order chi connectivity index (χ0) is 20.4. The summed E-state index contributed by atoms with van der Waals surface area (Å²) in [6.45, 7) is 5.10. The molecule has 28 heavy (non-hydrogen) atoms.